The maximum Gasteiger partial charge on any atom is 0.329 e. The molecule has 2 rings (SSSR count). The van der Waals surface area contributed by atoms with Gasteiger partial charge in [-0.2, -0.15) is 11.8 Å². The van der Waals surface area contributed by atoms with Gasteiger partial charge in [0.15, 0.2) is 0 Å². The third-order valence-electron chi connectivity index (χ3n) is 3.53. The van der Waals surface area contributed by atoms with Crippen LogP contribution in [0.4, 0.5) is 0 Å². The minimum absolute atomic E-state index is 0.146. The molecule has 4 nitrogen and oxygen atoms in total. The molecule has 1 N–H and O–H groups in total. The van der Waals surface area contributed by atoms with E-state index in [2.05, 4.69) is 5.32 Å². The van der Waals surface area contributed by atoms with Crippen LogP contribution in [0, 0.1) is 0 Å². The van der Waals surface area contributed by atoms with E-state index in [1.54, 1.807) is 60.3 Å². The minimum Gasteiger partial charge on any atom is -0.459 e. The molecule has 25 heavy (non-hydrogen) atoms. The zero-order chi connectivity index (χ0) is 18.1. The highest BCUT2D eigenvalue weighted by atomic mass is 35.5. The quantitative estimate of drug-likeness (QED) is 0.708. The third kappa shape index (κ3) is 6.44. The third-order valence-corrected chi connectivity index (χ3v) is 4.43. The van der Waals surface area contributed by atoms with Gasteiger partial charge in [0, 0.05) is 10.6 Å². The summed E-state index contributed by atoms with van der Waals surface area (Å²) in [5, 5.41) is 3.39. The molecule has 1 unspecified atom stereocenters. The van der Waals surface area contributed by atoms with Crippen LogP contribution in [0.1, 0.15) is 22.3 Å². The summed E-state index contributed by atoms with van der Waals surface area (Å²) in [7, 11) is 0. The Morgan fingerprint density at radius 2 is 1.80 bits per heavy atom. The summed E-state index contributed by atoms with van der Waals surface area (Å²) < 4.78 is 5.36. The van der Waals surface area contributed by atoms with E-state index >= 15 is 0 Å². The number of halogens is 1. The Hall–Kier alpha value is -1.98. The van der Waals surface area contributed by atoms with Gasteiger partial charge >= 0.3 is 5.97 Å². The van der Waals surface area contributed by atoms with Gasteiger partial charge in [-0.3, -0.25) is 4.79 Å². The standard InChI is InChI=1S/C19H20ClNO3S/c1-25-12-11-17(21-18(22)15-5-3-2-4-6-15)19(23)24-13-14-7-9-16(20)10-8-14/h2-10,17H,11-13H2,1H3,(H,21,22). The molecular weight excluding hydrogens is 358 g/mol. The number of hydrogen-bond acceptors (Lipinski definition) is 4. The summed E-state index contributed by atoms with van der Waals surface area (Å²) in [6.07, 6.45) is 2.47. The molecule has 2 aromatic carbocycles. The molecule has 0 spiro atoms. The molecule has 0 aliphatic heterocycles. The van der Waals surface area contributed by atoms with E-state index in [9.17, 15) is 9.59 Å². The lowest BCUT2D eigenvalue weighted by atomic mass is 10.1. The Kier molecular flexibility index (Phi) is 7.82. The zero-order valence-electron chi connectivity index (χ0n) is 13.9. The van der Waals surface area contributed by atoms with E-state index in [1.165, 1.54) is 0 Å². The number of carbonyl (C=O) groups excluding carboxylic acids is 2. The molecule has 0 fully saturated rings. The monoisotopic (exact) mass is 377 g/mol. The topological polar surface area (TPSA) is 55.4 Å². The van der Waals surface area contributed by atoms with Gasteiger partial charge in [0.05, 0.1) is 0 Å². The molecule has 132 valence electrons. The van der Waals surface area contributed by atoms with Crippen LogP contribution in [0.3, 0.4) is 0 Å². The van der Waals surface area contributed by atoms with Crippen molar-refractivity contribution >= 4 is 35.2 Å². The molecular formula is C19H20ClNO3S. The van der Waals surface area contributed by atoms with E-state index in [-0.39, 0.29) is 12.5 Å². The van der Waals surface area contributed by atoms with Crippen LogP contribution in [0.2, 0.25) is 5.02 Å². The molecule has 0 aromatic heterocycles. The van der Waals surface area contributed by atoms with Crippen molar-refractivity contribution in [2.24, 2.45) is 0 Å². The first kappa shape index (κ1) is 19.3. The van der Waals surface area contributed by atoms with Crippen LogP contribution < -0.4 is 5.32 Å². The molecule has 0 heterocycles. The maximum atomic E-state index is 12.4. The number of rotatable bonds is 8. The number of hydrogen-bond donors (Lipinski definition) is 1. The Bertz CT molecular complexity index is 692. The van der Waals surface area contributed by atoms with E-state index in [1.807, 2.05) is 12.3 Å². The van der Waals surface area contributed by atoms with Gasteiger partial charge in [-0.1, -0.05) is 41.9 Å². The SMILES string of the molecule is CSCCC(NC(=O)c1ccccc1)C(=O)OCc1ccc(Cl)cc1. The lowest BCUT2D eigenvalue weighted by Gasteiger charge is -2.17. The summed E-state index contributed by atoms with van der Waals surface area (Å²) >= 11 is 7.45. The molecule has 6 heteroatoms. The second kappa shape index (κ2) is 10.1. The number of benzene rings is 2. The predicted molar refractivity (Wildman–Crippen MR) is 102 cm³/mol. The second-order valence-electron chi connectivity index (χ2n) is 5.41. The molecule has 1 atom stereocenters. The molecule has 0 bridgehead atoms. The molecule has 0 aliphatic carbocycles. The lowest BCUT2D eigenvalue weighted by Crippen LogP contribution is -2.42. The molecule has 0 aliphatic rings. The van der Waals surface area contributed by atoms with Crippen molar-refractivity contribution in [3.8, 4) is 0 Å². The fourth-order valence-corrected chi connectivity index (χ4v) is 2.75. The molecule has 0 saturated heterocycles. The first-order chi connectivity index (χ1) is 12.1. The van der Waals surface area contributed by atoms with E-state index in [0.717, 1.165) is 11.3 Å². The number of thioether (sulfide) groups is 1. The summed E-state index contributed by atoms with van der Waals surface area (Å²) in [6.45, 7) is 0.146. The highest BCUT2D eigenvalue weighted by Gasteiger charge is 2.22. The summed E-state index contributed by atoms with van der Waals surface area (Å²) in [5.74, 6) is 0.0268. The minimum atomic E-state index is -0.674. The number of esters is 1. The second-order valence-corrected chi connectivity index (χ2v) is 6.83. The van der Waals surface area contributed by atoms with Crippen molar-refractivity contribution < 1.29 is 14.3 Å². The van der Waals surface area contributed by atoms with Crippen molar-refractivity contribution in [3.05, 3.63) is 70.7 Å². The highest BCUT2D eigenvalue weighted by molar-refractivity contribution is 7.98. The smallest absolute Gasteiger partial charge is 0.329 e. The van der Waals surface area contributed by atoms with Crippen LogP contribution in [-0.2, 0) is 16.1 Å². The van der Waals surface area contributed by atoms with Gasteiger partial charge in [-0.05, 0) is 48.3 Å². The predicted octanol–water partition coefficient (Wildman–Crippen LogP) is 3.93. The first-order valence-electron chi connectivity index (χ1n) is 7.86. The van der Waals surface area contributed by atoms with Gasteiger partial charge in [-0.15, -0.1) is 0 Å². The molecule has 1 amide bonds. The van der Waals surface area contributed by atoms with E-state index < -0.39 is 12.0 Å². The van der Waals surface area contributed by atoms with Crippen LogP contribution in [0.5, 0.6) is 0 Å². The Labute approximate surface area is 156 Å². The average Bonchev–Trinajstić information content (AvgIpc) is 2.65. The number of amides is 1. The van der Waals surface area contributed by atoms with Crippen LogP contribution >= 0.6 is 23.4 Å². The lowest BCUT2D eigenvalue weighted by molar-refractivity contribution is -0.147. The van der Waals surface area contributed by atoms with Crippen molar-refractivity contribution in [2.75, 3.05) is 12.0 Å². The number of carbonyl (C=O) groups is 2. The summed E-state index contributed by atoms with van der Waals surface area (Å²) in [5.41, 5.74) is 1.36. The highest BCUT2D eigenvalue weighted by Crippen LogP contribution is 2.11. The molecule has 0 saturated carbocycles. The van der Waals surface area contributed by atoms with Crippen molar-refractivity contribution in [2.45, 2.75) is 19.1 Å². The van der Waals surface area contributed by atoms with E-state index in [4.69, 9.17) is 16.3 Å². The van der Waals surface area contributed by atoms with Crippen molar-refractivity contribution in [1.82, 2.24) is 5.32 Å². The summed E-state index contributed by atoms with van der Waals surface area (Å²) in [6, 6.07) is 15.2. The Morgan fingerprint density at radius 3 is 2.44 bits per heavy atom. The van der Waals surface area contributed by atoms with Crippen molar-refractivity contribution in [3.63, 3.8) is 0 Å². The average molecular weight is 378 g/mol. The van der Waals surface area contributed by atoms with Gasteiger partial charge in [0.2, 0.25) is 0 Å². The Morgan fingerprint density at radius 1 is 1.12 bits per heavy atom. The largest absolute Gasteiger partial charge is 0.459 e. The van der Waals surface area contributed by atoms with Gasteiger partial charge in [-0.25, -0.2) is 4.79 Å². The van der Waals surface area contributed by atoms with Crippen molar-refractivity contribution in [1.29, 1.82) is 0 Å². The molecule has 0 radical (unpaired) electrons. The first-order valence-corrected chi connectivity index (χ1v) is 9.63. The van der Waals surface area contributed by atoms with Crippen LogP contribution in [0.25, 0.3) is 0 Å². The normalized spacial score (nSPS) is 11.6. The number of nitrogens with one attached hydrogen (secondary N) is 1. The Balaban J connectivity index is 1.96. The maximum absolute atomic E-state index is 12.4. The van der Waals surface area contributed by atoms with Gasteiger partial charge in [0.25, 0.3) is 5.91 Å². The van der Waals surface area contributed by atoms with Crippen LogP contribution in [-0.4, -0.2) is 29.9 Å². The zero-order valence-corrected chi connectivity index (χ0v) is 15.5. The fraction of sp³-hybridized carbons (Fsp3) is 0.263. The van der Waals surface area contributed by atoms with Crippen LogP contribution in [0.15, 0.2) is 54.6 Å². The number of ether oxygens (including phenoxy) is 1. The summed E-state index contributed by atoms with van der Waals surface area (Å²) in [4.78, 5) is 24.7. The van der Waals surface area contributed by atoms with E-state index in [0.29, 0.717) is 17.0 Å². The van der Waals surface area contributed by atoms with Gasteiger partial charge < -0.3 is 10.1 Å². The molecule has 2 aromatic rings. The fourth-order valence-electron chi connectivity index (χ4n) is 2.15. The van der Waals surface area contributed by atoms with Gasteiger partial charge in [0.1, 0.15) is 12.6 Å².